The number of benzene rings is 3. The molecular weight excluding hydrogens is 434 g/mol. The summed E-state index contributed by atoms with van der Waals surface area (Å²) in [5, 5.41) is 11.5. The number of ether oxygens (including phenoxy) is 1. The standard InChI is InChI=1S/C20H14ClNO7S/c1-28-18-11-8-16(22(24)25)12-19(18)30(26,27)29-17-9-4-14(5-10-17)20(23)13-2-6-15(21)7-3-13/h2-12H,1H3. The van der Waals surface area contributed by atoms with Gasteiger partial charge < -0.3 is 8.92 Å². The summed E-state index contributed by atoms with van der Waals surface area (Å²) in [5.41, 5.74) is 0.305. The molecule has 0 N–H and O–H groups in total. The van der Waals surface area contributed by atoms with Crippen LogP contribution in [0.3, 0.4) is 0 Å². The van der Waals surface area contributed by atoms with Crippen LogP contribution < -0.4 is 8.92 Å². The molecule has 10 heteroatoms. The fourth-order valence-corrected chi connectivity index (χ4v) is 3.82. The van der Waals surface area contributed by atoms with Crippen molar-refractivity contribution in [2.24, 2.45) is 0 Å². The molecular formula is C20H14ClNO7S. The first kappa shape index (κ1) is 21.3. The van der Waals surface area contributed by atoms with Gasteiger partial charge >= 0.3 is 10.1 Å². The smallest absolute Gasteiger partial charge is 0.343 e. The second-order valence-electron chi connectivity index (χ2n) is 5.99. The maximum atomic E-state index is 12.6. The lowest BCUT2D eigenvalue weighted by molar-refractivity contribution is -0.385. The van der Waals surface area contributed by atoms with Gasteiger partial charge in [0.05, 0.1) is 12.0 Å². The van der Waals surface area contributed by atoms with Gasteiger partial charge in [-0.1, -0.05) is 11.6 Å². The molecule has 0 aliphatic rings. The number of rotatable bonds is 7. The summed E-state index contributed by atoms with van der Waals surface area (Å²) in [7, 11) is -3.20. The predicted molar refractivity (Wildman–Crippen MR) is 109 cm³/mol. The second kappa shape index (κ2) is 8.52. The van der Waals surface area contributed by atoms with Crippen LogP contribution in [0.4, 0.5) is 5.69 Å². The topological polar surface area (TPSA) is 113 Å². The first-order valence-electron chi connectivity index (χ1n) is 8.38. The molecule has 0 saturated carbocycles. The van der Waals surface area contributed by atoms with Crippen molar-refractivity contribution in [3.63, 3.8) is 0 Å². The van der Waals surface area contributed by atoms with E-state index in [1.807, 2.05) is 0 Å². The molecule has 0 fully saturated rings. The van der Waals surface area contributed by atoms with Gasteiger partial charge in [0.1, 0.15) is 11.5 Å². The van der Waals surface area contributed by atoms with Crippen LogP contribution in [0.1, 0.15) is 15.9 Å². The molecule has 3 aromatic rings. The quantitative estimate of drug-likeness (QED) is 0.230. The molecule has 0 bridgehead atoms. The number of hydrogen-bond donors (Lipinski definition) is 0. The third kappa shape index (κ3) is 4.58. The molecule has 0 aliphatic carbocycles. The molecule has 0 radical (unpaired) electrons. The van der Waals surface area contributed by atoms with Gasteiger partial charge in [0.15, 0.2) is 10.7 Å². The number of ketones is 1. The Bertz CT molecular complexity index is 1210. The Hall–Kier alpha value is -3.43. The summed E-state index contributed by atoms with van der Waals surface area (Å²) < 4.78 is 35.3. The average molecular weight is 448 g/mol. The molecule has 0 atom stereocenters. The number of carbonyl (C=O) groups is 1. The van der Waals surface area contributed by atoms with Crippen LogP contribution in [0.15, 0.2) is 71.6 Å². The van der Waals surface area contributed by atoms with E-state index >= 15 is 0 Å². The molecule has 0 saturated heterocycles. The van der Waals surface area contributed by atoms with E-state index in [0.29, 0.717) is 16.1 Å². The third-order valence-electron chi connectivity index (χ3n) is 4.06. The number of non-ortho nitro benzene ring substituents is 1. The highest BCUT2D eigenvalue weighted by Crippen LogP contribution is 2.30. The highest BCUT2D eigenvalue weighted by atomic mass is 35.5. The van der Waals surface area contributed by atoms with Gasteiger partial charge in [-0.3, -0.25) is 14.9 Å². The molecule has 0 aromatic heterocycles. The van der Waals surface area contributed by atoms with Gasteiger partial charge in [-0.15, -0.1) is 0 Å². The van der Waals surface area contributed by atoms with Crippen molar-refractivity contribution in [1.29, 1.82) is 0 Å². The van der Waals surface area contributed by atoms with Gasteiger partial charge in [-0.25, -0.2) is 0 Å². The van der Waals surface area contributed by atoms with Crippen molar-refractivity contribution >= 4 is 33.2 Å². The molecule has 3 aromatic carbocycles. The van der Waals surface area contributed by atoms with Crippen LogP contribution in [0.5, 0.6) is 11.5 Å². The molecule has 154 valence electrons. The van der Waals surface area contributed by atoms with Crippen molar-refractivity contribution in [3.8, 4) is 11.5 Å². The average Bonchev–Trinajstić information content (AvgIpc) is 2.73. The van der Waals surface area contributed by atoms with E-state index in [1.54, 1.807) is 24.3 Å². The van der Waals surface area contributed by atoms with Crippen LogP contribution in [0.25, 0.3) is 0 Å². The minimum atomic E-state index is -4.43. The molecule has 0 unspecified atom stereocenters. The van der Waals surface area contributed by atoms with E-state index in [-0.39, 0.29) is 17.3 Å². The van der Waals surface area contributed by atoms with Gasteiger partial charge in [0.2, 0.25) is 0 Å². The lowest BCUT2D eigenvalue weighted by Gasteiger charge is -2.11. The van der Waals surface area contributed by atoms with Crippen LogP contribution in [-0.2, 0) is 10.1 Å². The zero-order chi connectivity index (χ0) is 21.9. The first-order chi connectivity index (χ1) is 14.2. The van der Waals surface area contributed by atoms with E-state index in [2.05, 4.69) is 0 Å². The number of nitro benzene ring substituents is 1. The zero-order valence-electron chi connectivity index (χ0n) is 15.4. The summed E-state index contributed by atoms with van der Waals surface area (Å²) in [6, 6.07) is 14.9. The van der Waals surface area contributed by atoms with Crippen LogP contribution >= 0.6 is 11.6 Å². The van der Waals surface area contributed by atoms with Crippen LogP contribution in [0.2, 0.25) is 5.02 Å². The number of hydrogen-bond acceptors (Lipinski definition) is 7. The Morgan fingerprint density at radius 3 is 2.07 bits per heavy atom. The summed E-state index contributed by atoms with van der Waals surface area (Å²) in [6.45, 7) is 0. The highest BCUT2D eigenvalue weighted by molar-refractivity contribution is 7.87. The van der Waals surface area contributed by atoms with Crippen molar-refractivity contribution in [3.05, 3.63) is 93.0 Å². The van der Waals surface area contributed by atoms with Gasteiger partial charge in [-0.05, 0) is 54.6 Å². The Morgan fingerprint density at radius 2 is 1.53 bits per heavy atom. The predicted octanol–water partition coefficient (Wildman–Crippen LogP) is 4.26. The van der Waals surface area contributed by atoms with E-state index in [0.717, 1.165) is 12.1 Å². The number of halogens is 1. The molecule has 30 heavy (non-hydrogen) atoms. The van der Waals surface area contributed by atoms with Crippen LogP contribution in [-0.4, -0.2) is 26.2 Å². The number of nitro groups is 1. The van der Waals surface area contributed by atoms with Gasteiger partial charge in [0.25, 0.3) is 5.69 Å². The van der Waals surface area contributed by atoms with Crippen molar-refractivity contribution in [2.75, 3.05) is 7.11 Å². The molecule has 3 rings (SSSR count). The Kier molecular flexibility index (Phi) is 6.04. The number of carbonyl (C=O) groups excluding carboxylic acids is 1. The lowest BCUT2D eigenvalue weighted by Crippen LogP contribution is -2.12. The van der Waals surface area contributed by atoms with Crippen molar-refractivity contribution < 1.29 is 27.1 Å². The number of methoxy groups -OCH3 is 1. The first-order valence-corrected chi connectivity index (χ1v) is 10.2. The van der Waals surface area contributed by atoms with E-state index < -0.39 is 25.6 Å². The summed E-state index contributed by atoms with van der Waals surface area (Å²) in [5.74, 6) is -0.451. The number of nitrogens with zero attached hydrogens (tertiary/aromatic N) is 1. The van der Waals surface area contributed by atoms with Crippen molar-refractivity contribution in [2.45, 2.75) is 4.90 Å². The molecule has 0 aliphatic heterocycles. The fraction of sp³-hybridized carbons (Fsp3) is 0.0500. The van der Waals surface area contributed by atoms with E-state index in [9.17, 15) is 23.3 Å². The third-order valence-corrected chi connectivity index (χ3v) is 5.58. The monoisotopic (exact) mass is 447 g/mol. The van der Waals surface area contributed by atoms with Gasteiger partial charge in [0, 0.05) is 28.3 Å². The van der Waals surface area contributed by atoms with E-state index in [1.165, 1.54) is 37.4 Å². The Labute approximate surface area is 176 Å². The summed E-state index contributed by atoms with van der Waals surface area (Å²) >= 11 is 5.81. The zero-order valence-corrected chi connectivity index (χ0v) is 17.0. The highest BCUT2D eigenvalue weighted by Gasteiger charge is 2.25. The second-order valence-corrected chi connectivity index (χ2v) is 7.94. The molecule has 0 amide bonds. The van der Waals surface area contributed by atoms with Crippen molar-refractivity contribution in [1.82, 2.24) is 0 Å². The maximum absolute atomic E-state index is 12.6. The largest absolute Gasteiger partial charge is 0.495 e. The maximum Gasteiger partial charge on any atom is 0.343 e. The minimum absolute atomic E-state index is 0.0729. The SMILES string of the molecule is COc1ccc([N+](=O)[O-])cc1S(=O)(=O)Oc1ccc(C(=O)c2ccc(Cl)cc2)cc1. The summed E-state index contributed by atoms with van der Waals surface area (Å²) in [6.07, 6.45) is 0. The minimum Gasteiger partial charge on any atom is -0.495 e. The Morgan fingerprint density at radius 1 is 0.967 bits per heavy atom. The fourth-order valence-electron chi connectivity index (χ4n) is 2.58. The summed E-state index contributed by atoms with van der Waals surface area (Å²) in [4.78, 5) is 22.2. The lowest BCUT2D eigenvalue weighted by atomic mass is 10.0. The van der Waals surface area contributed by atoms with Crippen LogP contribution in [0, 0.1) is 10.1 Å². The van der Waals surface area contributed by atoms with E-state index in [4.69, 9.17) is 20.5 Å². The normalized spacial score (nSPS) is 11.0. The molecule has 0 heterocycles. The Balaban J connectivity index is 1.86. The van der Waals surface area contributed by atoms with Gasteiger partial charge in [-0.2, -0.15) is 8.42 Å². The molecule has 8 nitrogen and oxygen atoms in total. The molecule has 0 spiro atoms.